The first-order valence-corrected chi connectivity index (χ1v) is 8.03. The molecule has 0 bridgehead atoms. The summed E-state index contributed by atoms with van der Waals surface area (Å²) < 4.78 is 10.8. The van der Waals surface area contributed by atoms with Gasteiger partial charge in [0.05, 0.1) is 13.2 Å². The van der Waals surface area contributed by atoms with Crippen molar-refractivity contribution in [2.75, 3.05) is 33.4 Å². The summed E-state index contributed by atoms with van der Waals surface area (Å²) in [5.41, 5.74) is 1.56. The summed E-state index contributed by atoms with van der Waals surface area (Å²) in [7, 11) is 1.73. The molecule has 0 aromatic heterocycles. The van der Waals surface area contributed by atoms with E-state index in [1.807, 2.05) is 6.07 Å². The summed E-state index contributed by atoms with van der Waals surface area (Å²) >= 11 is 0. The molecule has 0 fully saturated rings. The fourth-order valence-electron chi connectivity index (χ4n) is 2.05. The number of rotatable bonds is 11. The first-order chi connectivity index (χ1) is 10.1. The van der Waals surface area contributed by atoms with Gasteiger partial charge in [-0.3, -0.25) is 0 Å². The van der Waals surface area contributed by atoms with Crippen LogP contribution >= 0.6 is 0 Å². The highest BCUT2D eigenvalue weighted by Gasteiger charge is 2.18. The molecule has 0 heterocycles. The molecule has 120 valence electrons. The molecule has 1 N–H and O–H groups in total. The lowest BCUT2D eigenvalue weighted by atomic mass is 9.82. The van der Waals surface area contributed by atoms with Gasteiger partial charge in [0, 0.05) is 13.7 Å². The zero-order valence-electron chi connectivity index (χ0n) is 14.1. The third kappa shape index (κ3) is 6.96. The topological polar surface area (TPSA) is 30.5 Å². The molecule has 0 atom stereocenters. The maximum atomic E-state index is 5.86. The van der Waals surface area contributed by atoms with Gasteiger partial charge >= 0.3 is 0 Å². The Bertz CT molecular complexity index is 391. The van der Waals surface area contributed by atoms with Crippen LogP contribution in [-0.4, -0.2) is 33.4 Å². The van der Waals surface area contributed by atoms with Gasteiger partial charge in [-0.25, -0.2) is 0 Å². The first kappa shape index (κ1) is 18.0. The van der Waals surface area contributed by atoms with Gasteiger partial charge in [0.25, 0.3) is 0 Å². The van der Waals surface area contributed by atoms with Crippen molar-refractivity contribution in [2.24, 2.45) is 0 Å². The molecule has 0 aliphatic rings. The van der Waals surface area contributed by atoms with Gasteiger partial charge < -0.3 is 14.8 Å². The summed E-state index contributed by atoms with van der Waals surface area (Å²) in [5.74, 6) is 0.987. The van der Waals surface area contributed by atoms with Crippen molar-refractivity contribution in [3.63, 3.8) is 0 Å². The van der Waals surface area contributed by atoms with E-state index in [0.717, 1.165) is 51.3 Å². The van der Waals surface area contributed by atoms with Gasteiger partial charge in [-0.1, -0.05) is 32.9 Å². The zero-order chi connectivity index (χ0) is 15.6. The lowest BCUT2D eigenvalue weighted by Gasteiger charge is -2.23. The lowest BCUT2D eigenvalue weighted by molar-refractivity contribution is 0.199. The molecule has 21 heavy (non-hydrogen) atoms. The minimum atomic E-state index is 0.213. The summed E-state index contributed by atoms with van der Waals surface area (Å²) in [6.07, 6.45) is 3.33. The Morgan fingerprint density at radius 3 is 2.62 bits per heavy atom. The van der Waals surface area contributed by atoms with E-state index in [1.54, 1.807) is 7.11 Å². The summed E-state index contributed by atoms with van der Waals surface area (Å²) in [6.45, 7) is 10.3. The van der Waals surface area contributed by atoms with Crippen molar-refractivity contribution in [1.82, 2.24) is 5.32 Å². The fourth-order valence-corrected chi connectivity index (χ4v) is 2.05. The Morgan fingerprint density at radius 2 is 1.90 bits per heavy atom. The van der Waals surface area contributed by atoms with E-state index >= 15 is 0 Å². The summed E-state index contributed by atoms with van der Waals surface area (Å²) in [6, 6.07) is 8.51. The van der Waals surface area contributed by atoms with Crippen molar-refractivity contribution >= 4 is 0 Å². The predicted octanol–water partition coefficient (Wildman–Crippen LogP) is 3.77. The minimum absolute atomic E-state index is 0.213. The van der Waals surface area contributed by atoms with Crippen LogP contribution in [0.4, 0.5) is 0 Å². The minimum Gasteiger partial charge on any atom is -0.494 e. The quantitative estimate of drug-likeness (QED) is 0.630. The van der Waals surface area contributed by atoms with Crippen LogP contribution in [0.5, 0.6) is 5.75 Å². The van der Waals surface area contributed by atoms with Crippen LogP contribution in [0.2, 0.25) is 0 Å². The number of benzene rings is 1. The van der Waals surface area contributed by atoms with Crippen LogP contribution in [0.1, 0.15) is 45.6 Å². The monoisotopic (exact) mass is 293 g/mol. The van der Waals surface area contributed by atoms with Gasteiger partial charge in [0.1, 0.15) is 5.75 Å². The smallest absolute Gasteiger partial charge is 0.119 e. The molecule has 0 unspecified atom stereocenters. The molecule has 0 amide bonds. The van der Waals surface area contributed by atoms with Crippen molar-refractivity contribution < 1.29 is 9.47 Å². The molecule has 0 radical (unpaired) electrons. The van der Waals surface area contributed by atoms with Crippen molar-refractivity contribution in [2.45, 2.75) is 45.4 Å². The van der Waals surface area contributed by atoms with Gasteiger partial charge in [0.15, 0.2) is 0 Å². The number of unbranched alkanes of at least 4 members (excludes halogenated alkanes) is 1. The van der Waals surface area contributed by atoms with Crippen LogP contribution < -0.4 is 10.1 Å². The molecule has 0 spiro atoms. The molecule has 1 aromatic carbocycles. The molecule has 3 heteroatoms. The molecular weight excluding hydrogens is 262 g/mol. The average Bonchev–Trinajstić information content (AvgIpc) is 2.50. The van der Waals surface area contributed by atoms with Gasteiger partial charge in [-0.05, 0) is 48.9 Å². The highest BCUT2D eigenvalue weighted by molar-refractivity contribution is 5.32. The molecule has 0 saturated heterocycles. The van der Waals surface area contributed by atoms with Crippen LogP contribution in [0, 0.1) is 0 Å². The Hall–Kier alpha value is -1.06. The molecular formula is C18H31NO2. The highest BCUT2D eigenvalue weighted by Crippen LogP contribution is 2.29. The Morgan fingerprint density at radius 1 is 1.10 bits per heavy atom. The van der Waals surface area contributed by atoms with Crippen molar-refractivity contribution in [3.05, 3.63) is 29.8 Å². The number of hydrogen-bond donors (Lipinski definition) is 1. The maximum Gasteiger partial charge on any atom is 0.119 e. The standard InChI is InChI=1S/C18H31NO2/c1-5-18(2,3)16-9-8-10-17(15-16)21-13-7-6-11-19-12-14-20-4/h8-10,15,19H,5-7,11-14H2,1-4H3. The summed E-state index contributed by atoms with van der Waals surface area (Å²) in [5, 5.41) is 3.34. The average molecular weight is 293 g/mol. The van der Waals surface area contributed by atoms with E-state index in [1.165, 1.54) is 5.56 Å². The van der Waals surface area contributed by atoms with E-state index in [0.29, 0.717) is 0 Å². The third-order valence-electron chi connectivity index (χ3n) is 4.00. The predicted molar refractivity (Wildman–Crippen MR) is 89.2 cm³/mol. The third-order valence-corrected chi connectivity index (χ3v) is 4.00. The maximum absolute atomic E-state index is 5.86. The zero-order valence-corrected chi connectivity index (χ0v) is 14.1. The molecule has 0 saturated carbocycles. The van der Waals surface area contributed by atoms with E-state index in [9.17, 15) is 0 Å². The largest absolute Gasteiger partial charge is 0.494 e. The molecule has 1 rings (SSSR count). The number of methoxy groups -OCH3 is 1. The second-order valence-corrected chi connectivity index (χ2v) is 6.06. The molecule has 1 aromatic rings. The van der Waals surface area contributed by atoms with Gasteiger partial charge in [-0.15, -0.1) is 0 Å². The second kappa shape index (κ2) is 9.80. The van der Waals surface area contributed by atoms with Crippen LogP contribution in [-0.2, 0) is 10.2 Å². The van der Waals surface area contributed by atoms with E-state index < -0.39 is 0 Å². The fraction of sp³-hybridized carbons (Fsp3) is 0.667. The Labute approximate surface area is 130 Å². The van der Waals surface area contributed by atoms with Crippen LogP contribution in [0.15, 0.2) is 24.3 Å². The number of hydrogen-bond acceptors (Lipinski definition) is 3. The number of nitrogens with one attached hydrogen (secondary N) is 1. The van der Waals surface area contributed by atoms with Crippen molar-refractivity contribution in [1.29, 1.82) is 0 Å². The highest BCUT2D eigenvalue weighted by atomic mass is 16.5. The Kier molecular flexibility index (Phi) is 8.40. The van der Waals surface area contributed by atoms with Gasteiger partial charge in [0.2, 0.25) is 0 Å². The second-order valence-electron chi connectivity index (χ2n) is 6.06. The van der Waals surface area contributed by atoms with Crippen LogP contribution in [0.25, 0.3) is 0 Å². The van der Waals surface area contributed by atoms with E-state index in [2.05, 4.69) is 44.3 Å². The SMILES string of the molecule is CCC(C)(C)c1cccc(OCCCCNCCOC)c1. The lowest BCUT2D eigenvalue weighted by Crippen LogP contribution is -2.20. The van der Waals surface area contributed by atoms with Crippen molar-refractivity contribution in [3.8, 4) is 5.75 Å². The first-order valence-electron chi connectivity index (χ1n) is 8.03. The number of ether oxygens (including phenoxy) is 2. The summed E-state index contributed by atoms with van der Waals surface area (Å²) in [4.78, 5) is 0. The van der Waals surface area contributed by atoms with E-state index in [4.69, 9.17) is 9.47 Å². The van der Waals surface area contributed by atoms with E-state index in [-0.39, 0.29) is 5.41 Å². The van der Waals surface area contributed by atoms with Gasteiger partial charge in [-0.2, -0.15) is 0 Å². The van der Waals surface area contributed by atoms with Crippen LogP contribution in [0.3, 0.4) is 0 Å². The molecule has 3 nitrogen and oxygen atoms in total. The molecule has 0 aliphatic carbocycles. The normalized spacial score (nSPS) is 11.6. The Balaban J connectivity index is 2.25. The molecule has 0 aliphatic heterocycles.